The minimum absolute atomic E-state index is 0.0216. The molecule has 0 saturated heterocycles. The number of esters is 1. The third kappa shape index (κ3) is 1.39. The zero-order valence-electron chi connectivity index (χ0n) is 13.0. The summed E-state index contributed by atoms with van der Waals surface area (Å²) in [5, 5.41) is 3.66. The molecule has 1 aromatic rings. The van der Waals surface area contributed by atoms with Crippen LogP contribution in [0.5, 0.6) is 0 Å². The van der Waals surface area contributed by atoms with Crippen molar-refractivity contribution in [1.29, 1.82) is 0 Å². The number of benzene rings is 1. The quantitative estimate of drug-likeness (QED) is 0.865. The maximum absolute atomic E-state index is 13.1. The van der Waals surface area contributed by atoms with Crippen LogP contribution in [-0.4, -0.2) is 19.1 Å². The average Bonchev–Trinajstić information content (AvgIpc) is 3.42. The molecule has 0 radical (unpaired) electrons. The number of rotatable bonds is 4. The van der Waals surface area contributed by atoms with Crippen LogP contribution >= 0.6 is 0 Å². The predicted octanol–water partition coefficient (Wildman–Crippen LogP) is 2.07. The molecule has 1 N–H and O–H groups in total. The molecule has 0 amide bonds. The second-order valence-electron chi connectivity index (χ2n) is 8.20. The minimum Gasteiger partial charge on any atom is -0.469 e. The summed E-state index contributed by atoms with van der Waals surface area (Å²) in [5.74, 6) is 6.34. The lowest BCUT2D eigenvalue weighted by molar-refractivity contribution is -0.154. The van der Waals surface area contributed by atoms with Gasteiger partial charge in [-0.05, 0) is 65.0 Å². The van der Waals surface area contributed by atoms with Gasteiger partial charge in [-0.25, -0.2) is 4.39 Å². The first-order chi connectivity index (χ1) is 11.2. The van der Waals surface area contributed by atoms with Crippen LogP contribution in [-0.2, 0) is 16.1 Å². The van der Waals surface area contributed by atoms with E-state index in [9.17, 15) is 9.18 Å². The SMILES string of the molecule is COC(=O)[C@@H]1C2C3C4C5C(C52)C(C43)[C@H]1NCc1ccc(F)cc1. The first-order valence-corrected chi connectivity index (χ1v) is 8.78. The molecule has 6 aliphatic carbocycles. The molecule has 8 atom stereocenters. The predicted molar refractivity (Wildman–Crippen MR) is 80.5 cm³/mol. The summed E-state index contributed by atoms with van der Waals surface area (Å²) < 4.78 is 18.2. The highest BCUT2D eigenvalue weighted by Crippen LogP contribution is 2.92. The fourth-order valence-electron chi connectivity index (χ4n) is 7.34. The van der Waals surface area contributed by atoms with Gasteiger partial charge >= 0.3 is 5.97 Å². The van der Waals surface area contributed by atoms with Crippen LogP contribution in [0.3, 0.4) is 0 Å². The number of halogens is 1. The van der Waals surface area contributed by atoms with Crippen molar-refractivity contribution >= 4 is 5.97 Å². The van der Waals surface area contributed by atoms with Gasteiger partial charge < -0.3 is 10.1 Å². The van der Waals surface area contributed by atoms with Gasteiger partial charge in [-0.2, -0.15) is 0 Å². The van der Waals surface area contributed by atoms with Crippen LogP contribution in [0, 0.1) is 59.1 Å². The Balaban J connectivity index is 1.28. The van der Waals surface area contributed by atoms with Crippen molar-refractivity contribution in [3.05, 3.63) is 35.6 Å². The van der Waals surface area contributed by atoms with E-state index in [0.717, 1.165) is 41.1 Å². The highest BCUT2D eigenvalue weighted by molar-refractivity contribution is 5.75. The van der Waals surface area contributed by atoms with Crippen molar-refractivity contribution in [2.24, 2.45) is 53.3 Å². The maximum Gasteiger partial charge on any atom is 0.310 e. The van der Waals surface area contributed by atoms with Gasteiger partial charge in [0.2, 0.25) is 0 Å². The van der Waals surface area contributed by atoms with Crippen LogP contribution in [0.4, 0.5) is 4.39 Å². The Morgan fingerprint density at radius 2 is 1.57 bits per heavy atom. The standard InChI is InChI=1S/C19H20FNO2/c1-23-19(22)17-15-11-9-10-12(15)14(10)16(13(9)11)18(17)21-6-7-2-4-8(20)5-3-7/h2-5,9-18,21H,6H2,1H3/t9?,10?,11?,12?,13?,14?,15?,16?,17-,18-/m1/s1. The second kappa shape index (κ2) is 3.97. The highest BCUT2D eigenvalue weighted by atomic mass is 19.1. The van der Waals surface area contributed by atoms with E-state index in [2.05, 4.69) is 5.32 Å². The molecule has 4 heteroatoms. The third-order valence-electron chi connectivity index (χ3n) is 7.75. The van der Waals surface area contributed by atoms with Gasteiger partial charge in [0.15, 0.2) is 0 Å². The fourth-order valence-corrected chi connectivity index (χ4v) is 7.34. The lowest BCUT2D eigenvalue weighted by Gasteiger charge is -2.46. The largest absolute Gasteiger partial charge is 0.469 e. The Hall–Kier alpha value is -1.42. The van der Waals surface area contributed by atoms with Crippen molar-refractivity contribution in [3.63, 3.8) is 0 Å². The van der Waals surface area contributed by atoms with E-state index in [4.69, 9.17) is 4.74 Å². The molecule has 6 fully saturated rings. The first-order valence-electron chi connectivity index (χ1n) is 8.78. The van der Waals surface area contributed by atoms with E-state index in [0.29, 0.717) is 18.4 Å². The molecule has 0 aromatic heterocycles. The number of carbonyl (C=O) groups excluding carboxylic acids is 1. The molecule has 120 valence electrons. The summed E-state index contributed by atoms with van der Waals surface area (Å²) in [4.78, 5) is 12.4. The number of carbonyl (C=O) groups is 1. The summed E-state index contributed by atoms with van der Waals surface area (Å²) in [6, 6.07) is 6.89. The number of fused-ring (bicyclic) bond motifs is 1. The van der Waals surface area contributed by atoms with Crippen molar-refractivity contribution in [1.82, 2.24) is 5.32 Å². The lowest BCUT2D eigenvalue weighted by Crippen LogP contribution is -2.57. The Morgan fingerprint density at radius 3 is 2.17 bits per heavy atom. The molecule has 23 heavy (non-hydrogen) atoms. The zero-order chi connectivity index (χ0) is 15.5. The monoisotopic (exact) mass is 313 g/mol. The molecule has 0 aliphatic heterocycles. The fraction of sp³-hybridized carbons (Fsp3) is 0.632. The average molecular weight is 313 g/mol. The maximum atomic E-state index is 13.1. The topological polar surface area (TPSA) is 38.3 Å². The van der Waals surface area contributed by atoms with Gasteiger partial charge in [0, 0.05) is 12.6 Å². The normalized spacial score (nSPS) is 52.4. The molecule has 6 aliphatic rings. The molecule has 7 rings (SSSR count). The summed E-state index contributed by atoms with van der Waals surface area (Å²) in [6.07, 6.45) is 0. The van der Waals surface area contributed by atoms with Crippen LogP contribution < -0.4 is 5.32 Å². The summed E-state index contributed by atoms with van der Waals surface area (Å²) in [5.41, 5.74) is 1.07. The Bertz CT molecular complexity index is 682. The number of ether oxygens (including phenoxy) is 1. The van der Waals surface area contributed by atoms with E-state index in [1.165, 1.54) is 19.2 Å². The van der Waals surface area contributed by atoms with Crippen LogP contribution in [0.2, 0.25) is 0 Å². The van der Waals surface area contributed by atoms with Gasteiger partial charge in [-0.3, -0.25) is 4.79 Å². The molecule has 2 bridgehead atoms. The minimum atomic E-state index is -0.205. The molecule has 6 saturated carbocycles. The van der Waals surface area contributed by atoms with Crippen LogP contribution in [0.25, 0.3) is 0 Å². The van der Waals surface area contributed by atoms with Crippen molar-refractivity contribution < 1.29 is 13.9 Å². The number of hydrogen-bond donors (Lipinski definition) is 1. The number of nitrogens with one attached hydrogen (secondary N) is 1. The molecule has 1 aromatic carbocycles. The van der Waals surface area contributed by atoms with E-state index in [-0.39, 0.29) is 23.7 Å². The van der Waals surface area contributed by atoms with Crippen molar-refractivity contribution in [2.45, 2.75) is 12.6 Å². The van der Waals surface area contributed by atoms with E-state index in [1.54, 1.807) is 0 Å². The molecule has 3 nitrogen and oxygen atoms in total. The molecule has 6 unspecified atom stereocenters. The van der Waals surface area contributed by atoms with Crippen molar-refractivity contribution in [3.8, 4) is 0 Å². The molecular formula is C19H20FNO2. The molecular weight excluding hydrogens is 293 g/mol. The van der Waals surface area contributed by atoms with E-state index in [1.807, 2.05) is 12.1 Å². The molecule has 0 spiro atoms. The van der Waals surface area contributed by atoms with Crippen LogP contribution in [0.1, 0.15) is 5.56 Å². The third-order valence-corrected chi connectivity index (χ3v) is 7.75. The number of methoxy groups -OCH3 is 1. The van der Waals surface area contributed by atoms with E-state index >= 15 is 0 Å². The zero-order valence-corrected chi connectivity index (χ0v) is 13.0. The van der Waals surface area contributed by atoms with Gasteiger partial charge in [-0.15, -0.1) is 0 Å². The summed E-state index contributed by atoms with van der Waals surface area (Å²) in [7, 11) is 1.52. The Labute approximate surface area is 134 Å². The van der Waals surface area contributed by atoms with Gasteiger partial charge in [0.25, 0.3) is 0 Å². The number of hydrogen-bond acceptors (Lipinski definition) is 3. The smallest absolute Gasteiger partial charge is 0.310 e. The van der Waals surface area contributed by atoms with Crippen molar-refractivity contribution in [2.75, 3.05) is 7.11 Å². The molecule has 0 heterocycles. The van der Waals surface area contributed by atoms with Gasteiger partial charge in [0.05, 0.1) is 13.0 Å². The van der Waals surface area contributed by atoms with Gasteiger partial charge in [-0.1, -0.05) is 12.1 Å². The van der Waals surface area contributed by atoms with Crippen LogP contribution in [0.15, 0.2) is 24.3 Å². The summed E-state index contributed by atoms with van der Waals surface area (Å²) in [6.45, 7) is 0.700. The lowest BCUT2D eigenvalue weighted by atomic mass is 9.61. The van der Waals surface area contributed by atoms with E-state index < -0.39 is 0 Å². The second-order valence-corrected chi connectivity index (χ2v) is 8.20. The summed E-state index contributed by atoms with van der Waals surface area (Å²) >= 11 is 0. The Kier molecular flexibility index (Phi) is 2.23. The van der Waals surface area contributed by atoms with Gasteiger partial charge in [0.1, 0.15) is 5.82 Å². The Morgan fingerprint density at radius 1 is 1.00 bits per heavy atom. The highest BCUT2D eigenvalue weighted by Gasteiger charge is 2.91. The first kappa shape index (κ1) is 12.9.